The number of nitrogens with one attached hydrogen (secondary N) is 3. The molecule has 0 heterocycles. The molecule has 0 radical (unpaired) electrons. The Labute approximate surface area is 175 Å². The van der Waals surface area contributed by atoms with Gasteiger partial charge in [-0.1, -0.05) is 18.6 Å². The highest BCUT2D eigenvalue weighted by molar-refractivity contribution is 5.80. The first-order valence-corrected chi connectivity index (χ1v) is 10.4. The molecule has 1 fully saturated rings. The predicted molar refractivity (Wildman–Crippen MR) is 110 cm³/mol. The van der Waals surface area contributed by atoms with Crippen molar-refractivity contribution >= 4 is 11.9 Å². The quantitative estimate of drug-likeness (QED) is 0.438. The van der Waals surface area contributed by atoms with E-state index in [9.17, 15) is 18.0 Å². The van der Waals surface area contributed by atoms with Gasteiger partial charge >= 0.3 is 6.18 Å². The van der Waals surface area contributed by atoms with Crippen molar-refractivity contribution in [1.29, 1.82) is 0 Å². The van der Waals surface area contributed by atoms with Crippen LogP contribution in [-0.4, -0.2) is 43.8 Å². The largest absolute Gasteiger partial charge is 0.484 e. The van der Waals surface area contributed by atoms with E-state index in [4.69, 9.17) is 4.74 Å². The van der Waals surface area contributed by atoms with E-state index in [1.54, 1.807) is 12.1 Å². The topological polar surface area (TPSA) is 74.8 Å². The predicted octanol–water partition coefficient (Wildman–Crippen LogP) is 3.38. The van der Waals surface area contributed by atoms with Gasteiger partial charge in [0.25, 0.3) is 5.91 Å². The van der Waals surface area contributed by atoms with Gasteiger partial charge in [0.15, 0.2) is 12.6 Å². The summed E-state index contributed by atoms with van der Waals surface area (Å²) in [6, 6.07) is 7.00. The molecule has 1 aliphatic rings. The number of aliphatic imine (C=N–C) groups is 1. The van der Waals surface area contributed by atoms with Crippen molar-refractivity contribution in [2.45, 2.75) is 58.3 Å². The van der Waals surface area contributed by atoms with E-state index in [1.165, 1.54) is 0 Å². The number of likely N-dealkylation sites (N-methyl/N-ethyl adjacent to an activating group) is 1. The van der Waals surface area contributed by atoms with Crippen molar-refractivity contribution in [3.8, 4) is 5.75 Å². The number of hydrogen-bond acceptors (Lipinski definition) is 3. The Morgan fingerprint density at radius 3 is 2.67 bits per heavy atom. The van der Waals surface area contributed by atoms with Crippen molar-refractivity contribution in [2.24, 2.45) is 10.9 Å². The Balaban J connectivity index is 1.95. The zero-order chi connectivity index (χ0) is 22.0. The van der Waals surface area contributed by atoms with Crippen LogP contribution in [-0.2, 0) is 11.3 Å². The van der Waals surface area contributed by atoms with Crippen LogP contribution >= 0.6 is 0 Å². The Morgan fingerprint density at radius 1 is 1.20 bits per heavy atom. The van der Waals surface area contributed by atoms with Gasteiger partial charge in [0, 0.05) is 19.1 Å². The van der Waals surface area contributed by atoms with Crippen LogP contribution in [0.5, 0.6) is 5.75 Å². The van der Waals surface area contributed by atoms with E-state index in [-0.39, 0.29) is 31.4 Å². The summed E-state index contributed by atoms with van der Waals surface area (Å²) >= 11 is 0. The first-order chi connectivity index (χ1) is 14.3. The molecule has 6 nitrogen and oxygen atoms in total. The lowest BCUT2D eigenvalue weighted by Gasteiger charge is -2.31. The van der Waals surface area contributed by atoms with E-state index < -0.39 is 12.1 Å². The summed E-state index contributed by atoms with van der Waals surface area (Å²) in [6.07, 6.45) is -2.65. The minimum atomic E-state index is -4.15. The number of ether oxygens (including phenoxy) is 1. The maximum Gasteiger partial charge on any atom is 0.391 e. The number of alkyl halides is 3. The minimum absolute atomic E-state index is 0.0627. The minimum Gasteiger partial charge on any atom is -0.484 e. The molecule has 0 bridgehead atoms. The van der Waals surface area contributed by atoms with Gasteiger partial charge in [-0.2, -0.15) is 13.2 Å². The second-order valence-electron chi connectivity index (χ2n) is 7.33. The normalized spacial score (nSPS) is 19.8. The van der Waals surface area contributed by atoms with E-state index in [1.807, 2.05) is 26.0 Å². The molecule has 1 aromatic carbocycles. The second kappa shape index (κ2) is 11.7. The fourth-order valence-corrected chi connectivity index (χ4v) is 3.43. The van der Waals surface area contributed by atoms with Crippen LogP contribution in [0.1, 0.15) is 45.1 Å². The molecule has 0 aliphatic heterocycles. The van der Waals surface area contributed by atoms with Crippen molar-refractivity contribution in [3.05, 3.63) is 29.8 Å². The standard InChI is InChI=1S/C21H31F3N4O2/c1-3-25-19(29)14-30-18-10-5-7-15(11-18)13-27-20(26-4-2)28-17-9-6-8-16(12-17)21(22,23)24/h5,7,10-11,16-17H,3-4,6,8-9,12-14H2,1-2H3,(H,25,29)(H2,26,27,28). The Hall–Kier alpha value is -2.45. The average Bonchev–Trinajstić information content (AvgIpc) is 2.71. The molecule has 2 atom stereocenters. The summed E-state index contributed by atoms with van der Waals surface area (Å²) in [4.78, 5) is 16.0. The fraction of sp³-hybridized carbons (Fsp3) is 0.619. The molecule has 0 saturated heterocycles. The van der Waals surface area contributed by atoms with Gasteiger partial charge in [0.1, 0.15) is 5.75 Å². The van der Waals surface area contributed by atoms with Crippen LogP contribution in [0.25, 0.3) is 0 Å². The van der Waals surface area contributed by atoms with Gasteiger partial charge < -0.3 is 20.7 Å². The molecule has 2 rings (SSSR count). The number of guanidine groups is 1. The summed E-state index contributed by atoms with van der Waals surface area (Å²) in [5.41, 5.74) is 0.873. The summed E-state index contributed by atoms with van der Waals surface area (Å²) in [7, 11) is 0. The maximum absolute atomic E-state index is 13.1. The number of benzene rings is 1. The van der Waals surface area contributed by atoms with E-state index in [0.717, 1.165) is 5.56 Å². The lowest BCUT2D eigenvalue weighted by atomic mass is 9.85. The zero-order valence-corrected chi connectivity index (χ0v) is 17.5. The number of carbonyl (C=O) groups is 1. The van der Waals surface area contributed by atoms with Gasteiger partial charge in [-0.3, -0.25) is 4.79 Å². The number of halogens is 3. The third-order valence-electron chi connectivity index (χ3n) is 4.88. The van der Waals surface area contributed by atoms with Gasteiger partial charge in [0.2, 0.25) is 0 Å². The number of nitrogens with zero attached hydrogens (tertiary/aromatic N) is 1. The van der Waals surface area contributed by atoms with Gasteiger partial charge in [-0.25, -0.2) is 4.99 Å². The Morgan fingerprint density at radius 2 is 1.97 bits per heavy atom. The summed E-state index contributed by atoms with van der Waals surface area (Å²) in [5, 5.41) is 8.91. The highest BCUT2D eigenvalue weighted by Crippen LogP contribution is 2.37. The molecule has 9 heteroatoms. The van der Waals surface area contributed by atoms with Crippen LogP contribution in [0, 0.1) is 5.92 Å². The third-order valence-corrected chi connectivity index (χ3v) is 4.88. The van der Waals surface area contributed by atoms with Crippen LogP contribution in [0.15, 0.2) is 29.3 Å². The molecule has 3 N–H and O–H groups in total. The van der Waals surface area contributed by atoms with Gasteiger partial charge in [-0.05, 0) is 50.8 Å². The molecule has 0 spiro atoms. The highest BCUT2D eigenvalue weighted by Gasteiger charge is 2.42. The van der Waals surface area contributed by atoms with Crippen LogP contribution < -0.4 is 20.7 Å². The molecule has 30 heavy (non-hydrogen) atoms. The van der Waals surface area contributed by atoms with Crippen LogP contribution in [0.2, 0.25) is 0 Å². The lowest BCUT2D eigenvalue weighted by Crippen LogP contribution is -2.46. The zero-order valence-electron chi connectivity index (χ0n) is 17.5. The van der Waals surface area contributed by atoms with E-state index >= 15 is 0 Å². The molecule has 1 aromatic rings. The van der Waals surface area contributed by atoms with Crippen LogP contribution in [0.3, 0.4) is 0 Å². The van der Waals surface area contributed by atoms with E-state index in [0.29, 0.717) is 44.2 Å². The van der Waals surface area contributed by atoms with Crippen molar-refractivity contribution in [1.82, 2.24) is 16.0 Å². The first kappa shape index (κ1) is 23.8. The lowest BCUT2D eigenvalue weighted by molar-refractivity contribution is -0.183. The summed E-state index contributed by atoms with van der Waals surface area (Å²) < 4.78 is 44.6. The Kier molecular flexibility index (Phi) is 9.26. The maximum atomic E-state index is 13.1. The monoisotopic (exact) mass is 428 g/mol. The average molecular weight is 428 g/mol. The van der Waals surface area contributed by atoms with Gasteiger partial charge in [-0.15, -0.1) is 0 Å². The molecule has 1 amide bonds. The van der Waals surface area contributed by atoms with Gasteiger partial charge in [0.05, 0.1) is 12.5 Å². The number of amides is 1. The Bertz CT molecular complexity index is 710. The highest BCUT2D eigenvalue weighted by atomic mass is 19.4. The molecule has 1 saturated carbocycles. The smallest absolute Gasteiger partial charge is 0.391 e. The number of rotatable bonds is 8. The van der Waals surface area contributed by atoms with Crippen molar-refractivity contribution in [2.75, 3.05) is 19.7 Å². The molecule has 168 valence electrons. The molecule has 0 aromatic heterocycles. The molecule has 2 unspecified atom stereocenters. The second-order valence-corrected chi connectivity index (χ2v) is 7.33. The fourth-order valence-electron chi connectivity index (χ4n) is 3.43. The SMILES string of the molecule is CCNC(=O)COc1cccc(CN=C(NCC)NC2CCCC(C(F)(F)F)C2)c1. The number of carbonyl (C=O) groups excluding carboxylic acids is 1. The molecule has 1 aliphatic carbocycles. The van der Waals surface area contributed by atoms with Crippen molar-refractivity contribution < 1.29 is 22.7 Å². The molecular weight excluding hydrogens is 397 g/mol. The third kappa shape index (κ3) is 8.12. The summed E-state index contributed by atoms with van der Waals surface area (Å²) in [6.45, 7) is 5.17. The number of hydrogen-bond donors (Lipinski definition) is 3. The molecular formula is C21H31F3N4O2. The first-order valence-electron chi connectivity index (χ1n) is 10.4. The summed E-state index contributed by atoms with van der Waals surface area (Å²) in [5.74, 6) is -0.388. The van der Waals surface area contributed by atoms with Crippen LogP contribution in [0.4, 0.5) is 13.2 Å². The van der Waals surface area contributed by atoms with E-state index in [2.05, 4.69) is 20.9 Å². The van der Waals surface area contributed by atoms with Crippen molar-refractivity contribution in [3.63, 3.8) is 0 Å².